The highest BCUT2D eigenvalue weighted by atomic mass is 15.3. The minimum atomic E-state index is 0.880. The summed E-state index contributed by atoms with van der Waals surface area (Å²) >= 11 is 0. The van der Waals surface area contributed by atoms with E-state index in [0.29, 0.717) is 0 Å². The van der Waals surface area contributed by atoms with E-state index in [-0.39, 0.29) is 0 Å². The number of fused-ring (bicyclic) bond motifs is 1. The van der Waals surface area contributed by atoms with Crippen LogP contribution in [0.25, 0.3) is 5.65 Å². The van der Waals surface area contributed by atoms with E-state index in [1.807, 2.05) is 18.4 Å². The van der Waals surface area contributed by atoms with Gasteiger partial charge in [-0.1, -0.05) is 0 Å². The Morgan fingerprint density at radius 2 is 1.94 bits per heavy atom. The van der Waals surface area contributed by atoms with E-state index in [9.17, 15) is 0 Å². The highest BCUT2D eigenvalue weighted by Gasteiger charge is 2.12. The van der Waals surface area contributed by atoms with Crippen LogP contribution in [0, 0.1) is 20.8 Å². The van der Waals surface area contributed by atoms with Crippen LogP contribution in [0.15, 0.2) is 6.07 Å². The lowest BCUT2D eigenvalue weighted by atomic mass is 10.2. The van der Waals surface area contributed by atoms with Gasteiger partial charge in [0.2, 0.25) is 0 Å². The molecule has 4 nitrogen and oxygen atoms in total. The summed E-state index contributed by atoms with van der Waals surface area (Å²) in [6.07, 6.45) is 0. The SMILES string of the molecule is Cc1cc(C)n2nc(C)c(CN(C)C)c2n1. The third-order valence-corrected chi connectivity index (χ3v) is 2.67. The van der Waals surface area contributed by atoms with Crippen molar-refractivity contribution in [2.75, 3.05) is 14.1 Å². The van der Waals surface area contributed by atoms with E-state index in [4.69, 9.17) is 0 Å². The van der Waals surface area contributed by atoms with Crippen LogP contribution in [0.1, 0.15) is 22.6 Å². The molecule has 0 aliphatic carbocycles. The summed E-state index contributed by atoms with van der Waals surface area (Å²) in [5.41, 5.74) is 5.45. The summed E-state index contributed by atoms with van der Waals surface area (Å²) in [5, 5.41) is 4.53. The molecule has 0 fully saturated rings. The van der Waals surface area contributed by atoms with Gasteiger partial charge in [0, 0.05) is 23.5 Å². The van der Waals surface area contributed by atoms with E-state index in [1.54, 1.807) is 0 Å². The lowest BCUT2D eigenvalue weighted by Gasteiger charge is -2.08. The third-order valence-electron chi connectivity index (χ3n) is 2.67. The maximum Gasteiger partial charge on any atom is 0.160 e. The van der Waals surface area contributed by atoms with E-state index in [1.165, 1.54) is 5.56 Å². The molecule has 0 aliphatic rings. The van der Waals surface area contributed by atoms with Crippen LogP contribution < -0.4 is 0 Å². The predicted octanol–water partition coefficient (Wildman–Crippen LogP) is 1.72. The molecule has 0 aromatic carbocycles. The summed E-state index contributed by atoms with van der Waals surface area (Å²) in [5.74, 6) is 0. The summed E-state index contributed by atoms with van der Waals surface area (Å²) in [7, 11) is 4.12. The quantitative estimate of drug-likeness (QED) is 0.769. The lowest BCUT2D eigenvalue weighted by Crippen LogP contribution is -2.11. The van der Waals surface area contributed by atoms with Crippen molar-refractivity contribution in [2.24, 2.45) is 0 Å². The maximum absolute atomic E-state index is 4.58. The summed E-state index contributed by atoms with van der Waals surface area (Å²) in [6, 6.07) is 2.05. The Morgan fingerprint density at radius 1 is 1.25 bits per heavy atom. The molecule has 2 heterocycles. The van der Waals surface area contributed by atoms with E-state index in [2.05, 4.69) is 42.1 Å². The van der Waals surface area contributed by atoms with E-state index in [0.717, 1.165) is 29.3 Å². The molecule has 2 aromatic heterocycles. The first-order valence-electron chi connectivity index (χ1n) is 5.46. The first-order valence-corrected chi connectivity index (χ1v) is 5.46. The van der Waals surface area contributed by atoms with Gasteiger partial charge in [-0.3, -0.25) is 0 Å². The zero-order chi connectivity index (χ0) is 11.9. The van der Waals surface area contributed by atoms with E-state index >= 15 is 0 Å². The Kier molecular flexibility index (Phi) is 2.68. The molecule has 0 radical (unpaired) electrons. The molecule has 0 unspecified atom stereocenters. The molecule has 0 atom stereocenters. The van der Waals surface area contributed by atoms with Gasteiger partial charge in [0.1, 0.15) is 0 Å². The van der Waals surface area contributed by atoms with Crippen LogP contribution in [-0.4, -0.2) is 33.6 Å². The highest BCUT2D eigenvalue weighted by Crippen LogP contribution is 2.17. The van der Waals surface area contributed by atoms with Crippen molar-refractivity contribution in [1.29, 1.82) is 0 Å². The van der Waals surface area contributed by atoms with Gasteiger partial charge >= 0.3 is 0 Å². The van der Waals surface area contributed by atoms with Gasteiger partial charge in [0.05, 0.1) is 5.69 Å². The van der Waals surface area contributed by atoms with Crippen LogP contribution in [0.2, 0.25) is 0 Å². The summed E-state index contributed by atoms with van der Waals surface area (Å²) < 4.78 is 1.93. The Balaban J connectivity index is 2.68. The predicted molar refractivity (Wildman–Crippen MR) is 64.6 cm³/mol. The molecule has 2 rings (SSSR count). The largest absolute Gasteiger partial charge is 0.305 e. The van der Waals surface area contributed by atoms with Gasteiger partial charge in [-0.15, -0.1) is 0 Å². The molecule has 0 spiro atoms. The van der Waals surface area contributed by atoms with Crippen LogP contribution in [0.5, 0.6) is 0 Å². The average molecular weight is 218 g/mol. The first-order chi connectivity index (χ1) is 7.49. The van der Waals surface area contributed by atoms with E-state index < -0.39 is 0 Å². The number of aromatic nitrogens is 3. The second-order valence-electron chi connectivity index (χ2n) is 4.58. The van der Waals surface area contributed by atoms with Crippen molar-refractivity contribution in [1.82, 2.24) is 19.5 Å². The molecular formula is C12H18N4. The molecule has 0 bridgehead atoms. The molecule has 0 saturated heterocycles. The van der Waals surface area contributed by atoms with Crippen LogP contribution >= 0.6 is 0 Å². The number of hydrogen-bond donors (Lipinski definition) is 0. The van der Waals surface area contributed by atoms with Gasteiger partial charge in [-0.25, -0.2) is 9.50 Å². The van der Waals surface area contributed by atoms with Gasteiger partial charge < -0.3 is 4.90 Å². The lowest BCUT2D eigenvalue weighted by molar-refractivity contribution is 0.403. The molecule has 86 valence electrons. The monoisotopic (exact) mass is 218 g/mol. The van der Waals surface area contributed by atoms with Crippen molar-refractivity contribution >= 4 is 5.65 Å². The van der Waals surface area contributed by atoms with Crippen molar-refractivity contribution < 1.29 is 0 Å². The second kappa shape index (κ2) is 3.87. The second-order valence-corrected chi connectivity index (χ2v) is 4.58. The average Bonchev–Trinajstić information content (AvgIpc) is 2.45. The number of aryl methyl sites for hydroxylation is 3. The number of hydrogen-bond acceptors (Lipinski definition) is 3. The van der Waals surface area contributed by atoms with Crippen molar-refractivity contribution in [3.8, 4) is 0 Å². The Hall–Kier alpha value is -1.42. The number of rotatable bonds is 2. The summed E-state index contributed by atoms with van der Waals surface area (Å²) in [6.45, 7) is 7.01. The van der Waals surface area contributed by atoms with Crippen LogP contribution in [-0.2, 0) is 6.54 Å². The Bertz CT molecular complexity index is 525. The summed E-state index contributed by atoms with van der Waals surface area (Å²) in [4.78, 5) is 6.73. The topological polar surface area (TPSA) is 33.4 Å². The highest BCUT2D eigenvalue weighted by molar-refractivity contribution is 5.51. The maximum atomic E-state index is 4.58. The molecule has 4 heteroatoms. The first kappa shape index (κ1) is 11.1. The van der Waals surface area contributed by atoms with Crippen molar-refractivity contribution in [3.63, 3.8) is 0 Å². The molecule has 16 heavy (non-hydrogen) atoms. The smallest absolute Gasteiger partial charge is 0.160 e. The van der Waals surface area contributed by atoms with Gasteiger partial charge in [0.25, 0.3) is 0 Å². The van der Waals surface area contributed by atoms with Crippen molar-refractivity contribution in [2.45, 2.75) is 27.3 Å². The third kappa shape index (κ3) is 1.80. The molecule has 0 N–H and O–H groups in total. The van der Waals surface area contributed by atoms with Crippen molar-refractivity contribution in [3.05, 3.63) is 28.7 Å². The standard InChI is InChI=1S/C12H18N4/c1-8-6-9(2)16-12(13-8)11(7-15(4)5)10(3)14-16/h6H,7H2,1-5H3. The minimum absolute atomic E-state index is 0.880. The zero-order valence-electron chi connectivity index (χ0n) is 10.6. The van der Waals surface area contributed by atoms with Crippen LogP contribution in [0.4, 0.5) is 0 Å². The Labute approximate surface area is 95.9 Å². The molecule has 0 saturated carbocycles. The molecular weight excluding hydrogens is 200 g/mol. The zero-order valence-corrected chi connectivity index (χ0v) is 10.6. The number of nitrogens with zero attached hydrogens (tertiary/aromatic N) is 4. The fraction of sp³-hybridized carbons (Fsp3) is 0.500. The van der Waals surface area contributed by atoms with Gasteiger partial charge in [0.15, 0.2) is 5.65 Å². The fourth-order valence-electron chi connectivity index (χ4n) is 1.97. The fourth-order valence-corrected chi connectivity index (χ4v) is 1.97. The van der Waals surface area contributed by atoms with Crippen LogP contribution in [0.3, 0.4) is 0 Å². The molecule has 2 aromatic rings. The molecule has 0 aliphatic heterocycles. The normalized spacial score (nSPS) is 11.6. The van der Waals surface area contributed by atoms with Gasteiger partial charge in [-0.05, 0) is 40.9 Å². The molecule has 0 amide bonds. The Morgan fingerprint density at radius 3 is 2.56 bits per heavy atom. The minimum Gasteiger partial charge on any atom is -0.305 e. The van der Waals surface area contributed by atoms with Gasteiger partial charge in [-0.2, -0.15) is 5.10 Å².